The number of nitrogens with zero attached hydrogens (tertiary/aromatic N) is 1. The van der Waals surface area contributed by atoms with Gasteiger partial charge in [0.15, 0.2) is 0 Å². The summed E-state index contributed by atoms with van der Waals surface area (Å²) in [6, 6.07) is 2.20. The van der Waals surface area contributed by atoms with Crippen molar-refractivity contribution in [2.75, 3.05) is 5.32 Å². The van der Waals surface area contributed by atoms with Gasteiger partial charge in [-0.25, -0.2) is 0 Å². The van der Waals surface area contributed by atoms with E-state index in [2.05, 4.69) is 11.4 Å². The molecular weight excluding hydrogens is 324 g/mol. The van der Waals surface area contributed by atoms with E-state index in [0.717, 1.165) is 36.0 Å². The van der Waals surface area contributed by atoms with E-state index in [1.807, 2.05) is 13.8 Å². The number of nitrogens with one attached hydrogen (secondary N) is 1. The van der Waals surface area contributed by atoms with Crippen LogP contribution in [0.1, 0.15) is 49.1 Å². The van der Waals surface area contributed by atoms with Gasteiger partial charge in [0.05, 0.1) is 17.4 Å². The molecule has 2 aliphatic carbocycles. The molecule has 1 heterocycles. The van der Waals surface area contributed by atoms with Gasteiger partial charge in [0.1, 0.15) is 11.1 Å². The lowest BCUT2D eigenvalue weighted by molar-refractivity contribution is -0.146. The first kappa shape index (κ1) is 16.7. The van der Waals surface area contributed by atoms with Gasteiger partial charge in [-0.15, -0.1) is 11.3 Å². The molecule has 2 atom stereocenters. The number of amides is 1. The number of nitriles is 1. The molecule has 0 unspecified atom stereocenters. The van der Waals surface area contributed by atoms with E-state index < -0.39 is 17.8 Å². The van der Waals surface area contributed by atoms with E-state index in [9.17, 15) is 20.0 Å². The molecule has 1 aromatic rings. The Bertz CT molecular complexity index is 785. The Hall–Kier alpha value is -2.13. The third-order valence-electron chi connectivity index (χ3n) is 5.19. The third kappa shape index (κ3) is 2.84. The maximum Gasteiger partial charge on any atom is 0.307 e. The maximum absolute atomic E-state index is 12.7. The van der Waals surface area contributed by atoms with Gasteiger partial charge in [0.25, 0.3) is 0 Å². The molecule has 0 fully saturated rings. The number of fused-ring (bicyclic) bond motifs is 1. The molecule has 0 saturated carbocycles. The van der Waals surface area contributed by atoms with Crippen LogP contribution in [0.4, 0.5) is 5.00 Å². The first-order chi connectivity index (χ1) is 11.4. The molecule has 2 aliphatic rings. The second-order valence-electron chi connectivity index (χ2n) is 6.68. The highest BCUT2D eigenvalue weighted by Gasteiger charge is 2.38. The number of aryl methyl sites for hydroxylation is 1. The van der Waals surface area contributed by atoms with Crippen LogP contribution in [0.25, 0.3) is 0 Å². The molecule has 1 amide bonds. The summed E-state index contributed by atoms with van der Waals surface area (Å²) in [5, 5.41) is 22.3. The van der Waals surface area contributed by atoms with Gasteiger partial charge in [0, 0.05) is 4.88 Å². The van der Waals surface area contributed by atoms with Crippen molar-refractivity contribution >= 4 is 28.2 Å². The van der Waals surface area contributed by atoms with Gasteiger partial charge in [0.2, 0.25) is 5.91 Å². The second-order valence-corrected chi connectivity index (χ2v) is 7.79. The van der Waals surface area contributed by atoms with Crippen LogP contribution >= 0.6 is 11.3 Å². The monoisotopic (exact) mass is 344 g/mol. The smallest absolute Gasteiger partial charge is 0.307 e. The summed E-state index contributed by atoms with van der Waals surface area (Å²) in [6.07, 6.45) is 3.75. The Morgan fingerprint density at radius 3 is 2.50 bits per heavy atom. The van der Waals surface area contributed by atoms with Crippen molar-refractivity contribution in [1.29, 1.82) is 5.26 Å². The van der Waals surface area contributed by atoms with E-state index >= 15 is 0 Å². The fourth-order valence-corrected chi connectivity index (χ4v) is 4.89. The Kier molecular flexibility index (Phi) is 4.46. The summed E-state index contributed by atoms with van der Waals surface area (Å²) in [4.78, 5) is 25.5. The fourth-order valence-electron chi connectivity index (χ4n) is 3.64. The first-order valence-electron chi connectivity index (χ1n) is 8.16. The molecule has 0 aliphatic heterocycles. The van der Waals surface area contributed by atoms with Crippen LogP contribution in [0.3, 0.4) is 0 Å². The minimum absolute atomic E-state index is 0.286. The van der Waals surface area contributed by atoms with Crippen LogP contribution in [0.2, 0.25) is 0 Å². The van der Waals surface area contributed by atoms with E-state index in [1.165, 1.54) is 16.2 Å². The van der Waals surface area contributed by atoms with E-state index in [-0.39, 0.29) is 5.91 Å². The number of hydrogen-bond donors (Lipinski definition) is 2. The zero-order chi connectivity index (χ0) is 17.4. The molecular formula is C18H20N2O3S. The number of aliphatic carboxylic acids is 1. The number of allylic oxidation sites excluding steroid dienone is 2. The van der Waals surface area contributed by atoms with Crippen LogP contribution in [0, 0.1) is 23.2 Å². The predicted molar refractivity (Wildman–Crippen MR) is 91.9 cm³/mol. The molecule has 1 aromatic heterocycles. The third-order valence-corrected chi connectivity index (χ3v) is 6.40. The van der Waals surface area contributed by atoms with Crippen molar-refractivity contribution in [3.05, 3.63) is 27.2 Å². The Labute approximate surface area is 145 Å². The normalized spacial score (nSPS) is 22.9. The Balaban J connectivity index is 1.85. The molecule has 0 radical (unpaired) electrons. The van der Waals surface area contributed by atoms with Gasteiger partial charge < -0.3 is 10.4 Å². The lowest BCUT2D eigenvalue weighted by atomic mass is 9.76. The molecule has 2 N–H and O–H groups in total. The van der Waals surface area contributed by atoms with Gasteiger partial charge >= 0.3 is 5.97 Å². The number of rotatable bonds is 3. The molecule has 0 aromatic carbocycles. The number of thiophene rings is 1. The largest absolute Gasteiger partial charge is 0.481 e. The topological polar surface area (TPSA) is 90.2 Å². The average molecular weight is 344 g/mol. The highest BCUT2D eigenvalue weighted by Crippen LogP contribution is 2.40. The van der Waals surface area contributed by atoms with Gasteiger partial charge in [-0.2, -0.15) is 5.26 Å². The molecule has 0 saturated heterocycles. The summed E-state index contributed by atoms with van der Waals surface area (Å²) < 4.78 is 0. The number of anilines is 1. The highest BCUT2D eigenvalue weighted by molar-refractivity contribution is 7.16. The molecule has 126 valence electrons. The van der Waals surface area contributed by atoms with Crippen LogP contribution in [-0.2, 0) is 22.4 Å². The SMILES string of the molecule is CC1=C(C)C[C@@H](C(=O)Nc2sc3c(c2C#N)CCC3)[C@H](C(=O)O)C1. The molecule has 5 nitrogen and oxygen atoms in total. The van der Waals surface area contributed by atoms with Gasteiger partial charge in [-0.05, 0) is 51.5 Å². The average Bonchev–Trinajstić information content (AvgIpc) is 3.09. The van der Waals surface area contributed by atoms with E-state index in [1.54, 1.807) is 0 Å². The van der Waals surface area contributed by atoms with Crippen molar-refractivity contribution in [2.45, 2.75) is 46.0 Å². The number of carboxylic acid groups (broad SMARTS) is 1. The van der Waals surface area contributed by atoms with Crippen molar-refractivity contribution in [1.82, 2.24) is 0 Å². The summed E-state index contributed by atoms with van der Waals surface area (Å²) in [5.41, 5.74) is 3.76. The molecule has 0 spiro atoms. The molecule has 24 heavy (non-hydrogen) atoms. The lowest BCUT2D eigenvalue weighted by Gasteiger charge is -2.29. The van der Waals surface area contributed by atoms with Gasteiger partial charge in [-0.1, -0.05) is 11.1 Å². The van der Waals surface area contributed by atoms with Crippen LogP contribution in [0.5, 0.6) is 0 Å². The summed E-state index contributed by atoms with van der Waals surface area (Å²) >= 11 is 1.46. The van der Waals surface area contributed by atoms with Crippen molar-refractivity contribution in [2.24, 2.45) is 11.8 Å². The van der Waals surface area contributed by atoms with Crippen LogP contribution in [0.15, 0.2) is 11.1 Å². The molecule has 3 rings (SSSR count). The zero-order valence-corrected chi connectivity index (χ0v) is 14.6. The number of carboxylic acids is 1. The second kappa shape index (κ2) is 6.40. The number of carbonyl (C=O) groups is 2. The summed E-state index contributed by atoms with van der Waals surface area (Å²) in [7, 11) is 0. The van der Waals surface area contributed by atoms with E-state index in [4.69, 9.17) is 0 Å². The van der Waals surface area contributed by atoms with Crippen LogP contribution < -0.4 is 5.32 Å². The summed E-state index contributed by atoms with van der Waals surface area (Å²) in [6.45, 7) is 3.88. The van der Waals surface area contributed by atoms with Crippen molar-refractivity contribution < 1.29 is 14.7 Å². The lowest BCUT2D eigenvalue weighted by Crippen LogP contribution is -2.36. The first-order valence-corrected chi connectivity index (χ1v) is 8.97. The number of hydrogen-bond acceptors (Lipinski definition) is 4. The fraction of sp³-hybridized carbons (Fsp3) is 0.500. The predicted octanol–water partition coefficient (Wildman–Crippen LogP) is 3.49. The van der Waals surface area contributed by atoms with Gasteiger partial charge in [-0.3, -0.25) is 9.59 Å². The minimum Gasteiger partial charge on any atom is -0.481 e. The Morgan fingerprint density at radius 2 is 1.88 bits per heavy atom. The molecule has 6 heteroatoms. The standard InChI is InChI=1S/C18H20N2O3S/c1-9-6-12(13(18(22)23)7-10(9)2)16(21)20-17-14(8-19)11-4-3-5-15(11)24-17/h12-13H,3-7H2,1-2H3,(H,20,21)(H,22,23)/t12-,13-/m1/s1. The van der Waals surface area contributed by atoms with Crippen LogP contribution in [-0.4, -0.2) is 17.0 Å². The minimum atomic E-state index is -0.934. The van der Waals surface area contributed by atoms with Crippen molar-refractivity contribution in [3.63, 3.8) is 0 Å². The van der Waals surface area contributed by atoms with Crippen molar-refractivity contribution in [3.8, 4) is 6.07 Å². The quantitative estimate of drug-likeness (QED) is 0.821. The Morgan fingerprint density at radius 1 is 1.21 bits per heavy atom. The zero-order valence-electron chi connectivity index (χ0n) is 13.8. The number of carbonyl (C=O) groups excluding carboxylic acids is 1. The molecule has 0 bridgehead atoms. The van der Waals surface area contributed by atoms with E-state index in [0.29, 0.717) is 23.4 Å². The highest BCUT2D eigenvalue weighted by atomic mass is 32.1. The maximum atomic E-state index is 12.7. The summed E-state index contributed by atoms with van der Waals surface area (Å²) in [5.74, 6) is -2.51.